The quantitative estimate of drug-likeness (QED) is 0.815. The maximum absolute atomic E-state index is 12.0. The Morgan fingerprint density at radius 3 is 2.44 bits per heavy atom. The van der Waals surface area contributed by atoms with Crippen molar-refractivity contribution in [3.63, 3.8) is 0 Å². The summed E-state index contributed by atoms with van der Waals surface area (Å²) in [6.07, 6.45) is 0. The van der Waals surface area contributed by atoms with Crippen molar-refractivity contribution in [1.82, 2.24) is 0 Å². The molecule has 0 aliphatic carbocycles. The molecule has 18 heavy (non-hydrogen) atoms. The molecular weight excluding hydrogens is 337 g/mol. The zero-order valence-electron chi connectivity index (χ0n) is 9.08. The van der Waals surface area contributed by atoms with Gasteiger partial charge in [0.05, 0.1) is 15.7 Å². The van der Waals surface area contributed by atoms with E-state index >= 15 is 0 Å². The minimum absolute atomic E-state index is 0.236. The molecule has 0 atom stereocenters. The van der Waals surface area contributed by atoms with Crippen LogP contribution in [0.15, 0.2) is 46.9 Å². The molecule has 0 heterocycles. The maximum Gasteiger partial charge on any atom is 0.255 e. The fraction of sp³-hybridized carbons (Fsp3) is 0. The highest BCUT2D eigenvalue weighted by Gasteiger charge is 2.09. The lowest BCUT2D eigenvalue weighted by atomic mass is 10.2. The Hall–Kier alpha value is -1.03. The molecule has 0 saturated heterocycles. The second-order valence-corrected chi connectivity index (χ2v) is 5.23. The number of rotatable bonds is 2. The van der Waals surface area contributed by atoms with Gasteiger partial charge in [-0.05, 0) is 46.3 Å². The van der Waals surface area contributed by atoms with Crippen LogP contribution in [0.1, 0.15) is 10.4 Å². The van der Waals surface area contributed by atoms with Gasteiger partial charge >= 0.3 is 0 Å². The molecule has 1 N–H and O–H groups in total. The van der Waals surface area contributed by atoms with Crippen molar-refractivity contribution in [2.75, 3.05) is 5.32 Å². The number of halogens is 3. The van der Waals surface area contributed by atoms with E-state index in [9.17, 15) is 4.79 Å². The Bertz CT molecular complexity index is 601. The third-order valence-electron chi connectivity index (χ3n) is 2.30. The van der Waals surface area contributed by atoms with E-state index in [-0.39, 0.29) is 5.91 Å². The van der Waals surface area contributed by atoms with Crippen LogP contribution in [0.2, 0.25) is 10.0 Å². The monoisotopic (exact) mass is 343 g/mol. The standard InChI is InChI=1S/C13H8BrCl2NO/c14-9-7-8(5-6-10(9)15)13(18)17-12-4-2-1-3-11(12)16/h1-7H,(H,17,18). The van der Waals surface area contributed by atoms with E-state index in [0.717, 1.165) is 0 Å². The average Bonchev–Trinajstić information content (AvgIpc) is 2.35. The molecule has 2 nitrogen and oxygen atoms in total. The smallest absolute Gasteiger partial charge is 0.255 e. The van der Waals surface area contributed by atoms with E-state index in [4.69, 9.17) is 23.2 Å². The summed E-state index contributed by atoms with van der Waals surface area (Å²) in [5, 5.41) is 3.80. The Morgan fingerprint density at radius 1 is 1.06 bits per heavy atom. The van der Waals surface area contributed by atoms with Gasteiger partial charge in [-0.15, -0.1) is 0 Å². The minimum atomic E-state index is -0.236. The fourth-order valence-electron chi connectivity index (χ4n) is 1.39. The first kappa shape index (κ1) is 13.4. The van der Waals surface area contributed by atoms with Crippen LogP contribution in [0.4, 0.5) is 5.69 Å². The summed E-state index contributed by atoms with van der Waals surface area (Å²) in [4.78, 5) is 12.0. The first-order valence-electron chi connectivity index (χ1n) is 5.09. The number of anilines is 1. The van der Waals surface area contributed by atoms with Gasteiger partial charge < -0.3 is 5.32 Å². The molecule has 2 aromatic rings. The van der Waals surface area contributed by atoms with Gasteiger partial charge in [-0.2, -0.15) is 0 Å². The largest absolute Gasteiger partial charge is 0.321 e. The predicted molar refractivity (Wildman–Crippen MR) is 78.6 cm³/mol. The van der Waals surface area contributed by atoms with Crippen LogP contribution >= 0.6 is 39.1 Å². The molecule has 2 rings (SSSR count). The van der Waals surface area contributed by atoms with Crippen LogP contribution < -0.4 is 5.32 Å². The van der Waals surface area contributed by atoms with Crippen LogP contribution in [-0.2, 0) is 0 Å². The van der Waals surface area contributed by atoms with E-state index < -0.39 is 0 Å². The SMILES string of the molecule is O=C(Nc1ccccc1Cl)c1ccc(Cl)c(Br)c1. The fourth-order valence-corrected chi connectivity index (χ4v) is 2.07. The van der Waals surface area contributed by atoms with Crippen LogP contribution in [-0.4, -0.2) is 5.91 Å². The second kappa shape index (κ2) is 5.74. The molecule has 0 aliphatic heterocycles. The highest BCUT2D eigenvalue weighted by Crippen LogP contribution is 2.25. The van der Waals surface area contributed by atoms with Crippen molar-refractivity contribution in [1.29, 1.82) is 0 Å². The molecule has 0 saturated carbocycles. The molecule has 0 aromatic heterocycles. The molecule has 2 aromatic carbocycles. The third-order valence-corrected chi connectivity index (χ3v) is 3.85. The summed E-state index contributed by atoms with van der Waals surface area (Å²) in [6.45, 7) is 0. The lowest BCUT2D eigenvalue weighted by Gasteiger charge is -2.07. The predicted octanol–water partition coefficient (Wildman–Crippen LogP) is 5.01. The molecule has 5 heteroatoms. The normalized spacial score (nSPS) is 10.2. The first-order valence-corrected chi connectivity index (χ1v) is 6.64. The van der Waals surface area contributed by atoms with Crippen LogP contribution in [0, 0.1) is 0 Å². The summed E-state index contributed by atoms with van der Waals surface area (Å²) >= 11 is 15.1. The zero-order valence-corrected chi connectivity index (χ0v) is 12.2. The van der Waals surface area contributed by atoms with Crippen molar-refractivity contribution in [2.45, 2.75) is 0 Å². The molecule has 0 unspecified atom stereocenters. The highest BCUT2D eigenvalue weighted by molar-refractivity contribution is 9.10. The average molecular weight is 345 g/mol. The molecule has 0 bridgehead atoms. The van der Waals surface area contributed by atoms with Crippen LogP contribution in [0.5, 0.6) is 0 Å². The van der Waals surface area contributed by atoms with Gasteiger partial charge in [-0.3, -0.25) is 4.79 Å². The maximum atomic E-state index is 12.0. The number of hydrogen-bond donors (Lipinski definition) is 1. The molecule has 92 valence electrons. The topological polar surface area (TPSA) is 29.1 Å². The van der Waals surface area contributed by atoms with Crippen LogP contribution in [0.3, 0.4) is 0 Å². The van der Waals surface area contributed by atoms with E-state index in [0.29, 0.717) is 25.8 Å². The summed E-state index contributed by atoms with van der Waals surface area (Å²) in [6, 6.07) is 12.0. The lowest BCUT2D eigenvalue weighted by molar-refractivity contribution is 0.102. The number of carbonyl (C=O) groups excluding carboxylic acids is 1. The summed E-state index contributed by atoms with van der Waals surface area (Å²) in [5.74, 6) is -0.236. The number of amides is 1. The summed E-state index contributed by atoms with van der Waals surface area (Å²) < 4.78 is 0.677. The van der Waals surface area contributed by atoms with E-state index in [2.05, 4.69) is 21.2 Å². The van der Waals surface area contributed by atoms with Crippen molar-refractivity contribution >= 4 is 50.7 Å². The highest BCUT2D eigenvalue weighted by atomic mass is 79.9. The molecule has 0 aliphatic rings. The van der Waals surface area contributed by atoms with Crippen molar-refractivity contribution in [2.24, 2.45) is 0 Å². The first-order chi connectivity index (χ1) is 8.58. The molecule has 0 spiro atoms. The second-order valence-electron chi connectivity index (χ2n) is 3.56. The Labute approximate surface area is 123 Å². The van der Waals surface area contributed by atoms with Gasteiger partial charge in [-0.1, -0.05) is 35.3 Å². The summed E-state index contributed by atoms with van der Waals surface area (Å²) in [7, 11) is 0. The van der Waals surface area contributed by atoms with Crippen molar-refractivity contribution in [3.05, 3.63) is 62.5 Å². The van der Waals surface area contributed by atoms with Gasteiger partial charge in [0.1, 0.15) is 0 Å². The Morgan fingerprint density at radius 2 is 1.78 bits per heavy atom. The van der Waals surface area contributed by atoms with Crippen LogP contribution in [0.25, 0.3) is 0 Å². The third kappa shape index (κ3) is 3.05. The number of hydrogen-bond acceptors (Lipinski definition) is 1. The van der Waals surface area contributed by atoms with Crippen molar-refractivity contribution < 1.29 is 4.79 Å². The number of benzene rings is 2. The summed E-state index contributed by atoms with van der Waals surface area (Å²) in [5.41, 5.74) is 1.08. The molecule has 1 amide bonds. The minimum Gasteiger partial charge on any atom is -0.321 e. The number of nitrogens with one attached hydrogen (secondary N) is 1. The van der Waals surface area contributed by atoms with Gasteiger partial charge in [0.15, 0.2) is 0 Å². The van der Waals surface area contributed by atoms with E-state index in [1.54, 1.807) is 42.5 Å². The van der Waals surface area contributed by atoms with Gasteiger partial charge in [0.2, 0.25) is 0 Å². The molecule has 0 fully saturated rings. The Balaban J connectivity index is 2.22. The number of carbonyl (C=O) groups is 1. The Kier molecular flexibility index (Phi) is 4.27. The lowest BCUT2D eigenvalue weighted by Crippen LogP contribution is -2.12. The molecular formula is C13H8BrCl2NO. The van der Waals surface area contributed by atoms with E-state index in [1.807, 2.05) is 0 Å². The van der Waals surface area contributed by atoms with Crippen molar-refractivity contribution in [3.8, 4) is 0 Å². The van der Waals surface area contributed by atoms with Gasteiger partial charge in [0.25, 0.3) is 5.91 Å². The number of para-hydroxylation sites is 1. The zero-order chi connectivity index (χ0) is 13.1. The van der Waals surface area contributed by atoms with E-state index in [1.165, 1.54) is 0 Å². The molecule has 0 radical (unpaired) electrons. The van der Waals surface area contributed by atoms with Gasteiger partial charge in [0, 0.05) is 10.0 Å². The van der Waals surface area contributed by atoms with Gasteiger partial charge in [-0.25, -0.2) is 0 Å².